The summed E-state index contributed by atoms with van der Waals surface area (Å²) in [6, 6.07) is 0. The summed E-state index contributed by atoms with van der Waals surface area (Å²) in [6.45, 7) is 0. The second kappa shape index (κ2) is 5.77. The van der Waals surface area contributed by atoms with E-state index in [1.165, 1.54) is 7.11 Å². The Bertz CT molecular complexity index is 46.1. The van der Waals surface area contributed by atoms with Crippen molar-refractivity contribution in [2.24, 2.45) is 0 Å². The molecule has 0 amide bonds. The Morgan fingerprint density at radius 2 is 2.00 bits per heavy atom. The Morgan fingerprint density at radius 1 is 1.83 bits per heavy atom. The Morgan fingerprint density at radius 3 is 2.00 bits per heavy atom. The van der Waals surface area contributed by atoms with E-state index in [9.17, 15) is 4.57 Å². The van der Waals surface area contributed by atoms with E-state index in [2.05, 4.69) is 4.52 Å². The van der Waals surface area contributed by atoms with Crippen LogP contribution in [0.15, 0.2) is 0 Å². The van der Waals surface area contributed by atoms with E-state index in [1.807, 2.05) is 0 Å². The molecular weight excluding hydrogens is 156 g/mol. The van der Waals surface area contributed by atoms with Crippen molar-refractivity contribution in [2.45, 2.75) is 0 Å². The normalized spacial score (nSPS) is 12.3. The molecule has 0 radical (unpaired) electrons. The third kappa shape index (κ3) is 8.84. The van der Waals surface area contributed by atoms with Gasteiger partial charge in [0, 0.05) is 26.6 Å². The topological polar surface area (TPSA) is 46.5 Å². The van der Waals surface area contributed by atoms with Crippen LogP contribution in [0.3, 0.4) is 0 Å². The zero-order chi connectivity index (χ0) is 4.28. The summed E-state index contributed by atoms with van der Waals surface area (Å²) in [5.41, 5.74) is 0. The minimum absolute atomic E-state index is 0. The molecule has 0 aliphatic heterocycles. The van der Waals surface area contributed by atoms with Crippen LogP contribution < -0.4 is 0 Å². The molecule has 1 N–H and O–H groups in total. The third-order valence-corrected chi connectivity index (χ3v) is 0.524. The van der Waals surface area contributed by atoms with Gasteiger partial charge in [-0.2, -0.15) is 0 Å². The van der Waals surface area contributed by atoms with Gasteiger partial charge >= 0.3 is 8.25 Å². The first-order valence-electron chi connectivity index (χ1n) is 1.04. The molecule has 3 nitrogen and oxygen atoms in total. The maximum Gasteiger partial charge on any atom is 0.316 e. The average Bonchev–Trinajstić information content (AvgIpc) is 1.38. The van der Waals surface area contributed by atoms with Crippen LogP contribution in [0.2, 0.25) is 0 Å². The first kappa shape index (κ1) is 9.91. The van der Waals surface area contributed by atoms with Crippen molar-refractivity contribution in [3.05, 3.63) is 0 Å². The van der Waals surface area contributed by atoms with E-state index in [0.717, 1.165) is 0 Å². The fourth-order valence-electron chi connectivity index (χ4n) is 0. The Balaban J connectivity index is 0. The zero-order valence-corrected chi connectivity index (χ0v) is 7.44. The van der Waals surface area contributed by atoms with Crippen LogP contribution in [0.1, 0.15) is 0 Å². The molecule has 0 aromatic rings. The van der Waals surface area contributed by atoms with E-state index in [0.29, 0.717) is 0 Å². The summed E-state index contributed by atoms with van der Waals surface area (Å²) in [5.74, 6) is 0. The van der Waals surface area contributed by atoms with Gasteiger partial charge in [0.15, 0.2) is 0 Å². The molecule has 0 saturated heterocycles. The van der Waals surface area contributed by atoms with Crippen molar-refractivity contribution in [1.29, 1.82) is 0 Å². The molecule has 6 heavy (non-hydrogen) atoms. The predicted octanol–water partition coefficient (Wildman–Crippen LogP) is 0.0123. The summed E-state index contributed by atoms with van der Waals surface area (Å²) in [6.07, 6.45) is 0. The molecular formula is CH5O3PZn. The van der Waals surface area contributed by atoms with Crippen LogP contribution >= 0.6 is 8.25 Å². The van der Waals surface area contributed by atoms with Crippen molar-refractivity contribution in [1.82, 2.24) is 0 Å². The van der Waals surface area contributed by atoms with Crippen molar-refractivity contribution in [3.63, 3.8) is 0 Å². The van der Waals surface area contributed by atoms with Gasteiger partial charge in [0.1, 0.15) is 0 Å². The Hall–Kier alpha value is 0.773. The molecule has 0 saturated carbocycles. The molecule has 0 aromatic heterocycles. The minimum Gasteiger partial charge on any atom is -0.326 e. The van der Waals surface area contributed by atoms with E-state index >= 15 is 0 Å². The first-order chi connectivity index (χ1) is 2.27. The van der Waals surface area contributed by atoms with E-state index < -0.39 is 8.25 Å². The van der Waals surface area contributed by atoms with Crippen LogP contribution in [0.4, 0.5) is 0 Å². The molecule has 0 fully saturated rings. The average molecular weight is 161 g/mol. The maximum atomic E-state index is 9.33. The molecule has 0 aromatic carbocycles. The molecule has 1 atom stereocenters. The fraction of sp³-hybridized carbons (Fsp3) is 1.00. The SMILES string of the molecule is CO[PH](=O)O.[Zn]. The largest absolute Gasteiger partial charge is 0.326 e. The van der Waals surface area contributed by atoms with Crippen molar-refractivity contribution in [3.8, 4) is 0 Å². The summed E-state index contributed by atoms with van der Waals surface area (Å²) >= 11 is 0. The minimum atomic E-state index is -2.62. The Labute approximate surface area is 49.4 Å². The summed E-state index contributed by atoms with van der Waals surface area (Å²) < 4.78 is 13.2. The molecule has 34 valence electrons. The van der Waals surface area contributed by atoms with Crippen molar-refractivity contribution >= 4 is 8.25 Å². The van der Waals surface area contributed by atoms with Crippen molar-refractivity contribution in [2.75, 3.05) is 7.11 Å². The zero-order valence-electron chi connectivity index (χ0n) is 3.47. The van der Waals surface area contributed by atoms with E-state index in [1.54, 1.807) is 0 Å². The van der Waals surface area contributed by atoms with E-state index in [-0.39, 0.29) is 19.5 Å². The summed E-state index contributed by atoms with van der Waals surface area (Å²) in [7, 11) is -1.44. The van der Waals surface area contributed by atoms with Crippen LogP contribution in [-0.2, 0) is 28.6 Å². The number of rotatable bonds is 1. The molecule has 0 aliphatic carbocycles. The second-order valence-corrected chi connectivity index (χ2v) is 1.41. The quantitative estimate of drug-likeness (QED) is 0.435. The van der Waals surface area contributed by atoms with Crippen molar-refractivity contribution < 1.29 is 33.5 Å². The smallest absolute Gasteiger partial charge is 0.316 e. The van der Waals surface area contributed by atoms with Gasteiger partial charge in [-0.05, 0) is 0 Å². The van der Waals surface area contributed by atoms with Gasteiger partial charge < -0.3 is 9.42 Å². The Kier molecular flexibility index (Phi) is 9.53. The standard InChI is InChI=1S/CH5O3P.Zn/c1-4-5(2)3;/h5H,1H3,(H,2,3);. The number of hydrogen-bond donors (Lipinski definition) is 1. The number of hydrogen-bond acceptors (Lipinski definition) is 2. The molecule has 0 spiro atoms. The molecule has 0 rings (SSSR count). The summed E-state index contributed by atoms with van der Waals surface area (Å²) in [5, 5.41) is 0. The van der Waals surface area contributed by atoms with Gasteiger partial charge in [-0.15, -0.1) is 0 Å². The molecule has 0 heterocycles. The van der Waals surface area contributed by atoms with Gasteiger partial charge in [-0.3, -0.25) is 4.57 Å². The van der Waals surface area contributed by atoms with Crippen LogP contribution in [-0.4, -0.2) is 12.0 Å². The fourth-order valence-corrected chi connectivity index (χ4v) is 0. The monoisotopic (exact) mass is 160 g/mol. The second-order valence-electron chi connectivity index (χ2n) is 0.470. The van der Waals surface area contributed by atoms with Crippen LogP contribution in [0, 0.1) is 0 Å². The van der Waals surface area contributed by atoms with Crippen LogP contribution in [0.5, 0.6) is 0 Å². The third-order valence-electron chi connectivity index (χ3n) is 0.175. The van der Waals surface area contributed by atoms with Crippen LogP contribution in [0.25, 0.3) is 0 Å². The molecule has 5 heteroatoms. The van der Waals surface area contributed by atoms with Gasteiger partial charge in [0.2, 0.25) is 0 Å². The van der Waals surface area contributed by atoms with Gasteiger partial charge in [-0.1, -0.05) is 0 Å². The van der Waals surface area contributed by atoms with Gasteiger partial charge in [-0.25, -0.2) is 0 Å². The maximum absolute atomic E-state index is 9.33. The molecule has 0 aliphatic rings. The first-order valence-corrected chi connectivity index (χ1v) is 2.30. The van der Waals surface area contributed by atoms with Gasteiger partial charge in [0.25, 0.3) is 0 Å². The molecule has 0 bridgehead atoms. The van der Waals surface area contributed by atoms with Gasteiger partial charge in [0.05, 0.1) is 0 Å². The predicted molar refractivity (Wildman–Crippen MR) is 18.2 cm³/mol. The van der Waals surface area contributed by atoms with E-state index in [4.69, 9.17) is 4.89 Å². The summed E-state index contributed by atoms with van der Waals surface area (Å²) in [4.78, 5) is 7.69. The molecule has 1 unspecified atom stereocenters.